The third-order valence-electron chi connectivity index (χ3n) is 4.97. The van der Waals surface area contributed by atoms with Gasteiger partial charge in [0.15, 0.2) is 0 Å². The van der Waals surface area contributed by atoms with Crippen molar-refractivity contribution < 1.29 is 5.11 Å². The fourth-order valence-corrected chi connectivity index (χ4v) is 3.65. The average Bonchev–Trinajstić information content (AvgIpc) is 2.86. The van der Waals surface area contributed by atoms with Crippen LogP contribution in [0, 0.1) is 11.8 Å². The van der Waals surface area contributed by atoms with Crippen LogP contribution in [0.15, 0.2) is 18.2 Å². The van der Waals surface area contributed by atoms with Crippen molar-refractivity contribution in [2.75, 3.05) is 0 Å². The van der Waals surface area contributed by atoms with Gasteiger partial charge in [-0.15, -0.1) is 0 Å². The largest absolute Gasteiger partial charge is 0.388 e. The minimum absolute atomic E-state index is 0.233. The molecule has 1 fully saturated rings. The molecule has 0 radical (unpaired) electrons. The van der Waals surface area contributed by atoms with E-state index in [0.717, 1.165) is 11.5 Å². The van der Waals surface area contributed by atoms with Gasteiger partial charge in [-0.2, -0.15) is 0 Å². The molecular weight excluding hydrogens is 220 g/mol. The molecule has 0 saturated heterocycles. The Morgan fingerprint density at radius 3 is 2.56 bits per heavy atom. The van der Waals surface area contributed by atoms with Gasteiger partial charge in [0.05, 0.1) is 6.10 Å². The number of hydrogen-bond acceptors (Lipinski definition) is 1. The van der Waals surface area contributed by atoms with E-state index in [1.807, 2.05) is 0 Å². The molecule has 1 aromatic rings. The van der Waals surface area contributed by atoms with Crippen LogP contribution in [-0.4, -0.2) is 5.11 Å². The minimum atomic E-state index is -0.233. The van der Waals surface area contributed by atoms with E-state index in [1.165, 1.54) is 56.1 Å². The summed E-state index contributed by atoms with van der Waals surface area (Å²) in [6.07, 6.45) is 8.45. The highest BCUT2D eigenvalue weighted by Crippen LogP contribution is 2.37. The first-order valence-electron chi connectivity index (χ1n) is 7.54. The van der Waals surface area contributed by atoms with Gasteiger partial charge in [0.25, 0.3) is 0 Å². The summed E-state index contributed by atoms with van der Waals surface area (Å²) >= 11 is 0. The molecule has 0 heterocycles. The standard InChI is InChI=1S/C17H24O/c1-12-5-7-14(8-6-12)17(18)16-10-9-13-3-2-4-15(13)11-16/h9-12,14,17-18H,2-8H2,1H3. The second-order valence-electron chi connectivity index (χ2n) is 6.35. The lowest BCUT2D eigenvalue weighted by atomic mass is 9.78. The van der Waals surface area contributed by atoms with Crippen molar-refractivity contribution in [3.63, 3.8) is 0 Å². The predicted molar refractivity (Wildman–Crippen MR) is 74.5 cm³/mol. The Hall–Kier alpha value is -0.820. The van der Waals surface area contributed by atoms with Crippen LogP contribution in [0.1, 0.15) is 61.8 Å². The molecule has 0 spiro atoms. The smallest absolute Gasteiger partial charge is 0.0818 e. The Balaban J connectivity index is 1.74. The van der Waals surface area contributed by atoms with E-state index in [1.54, 1.807) is 0 Å². The summed E-state index contributed by atoms with van der Waals surface area (Å²) < 4.78 is 0. The first-order valence-corrected chi connectivity index (χ1v) is 7.54. The lowest BCUT2D eigenvalue weighted by Gasteiger charge is -2.30. The number of hydrogen-bond donors (Lipinski definition) is 1. The topological polar surface area (TPSA) is 20.2 Å². The van der Waals surface area contributed by atoms with Crippen LogP contribution in [0.25, 0.3) is 0 Å². The number of rotatable bonds is 2. The first kappa shape index (κ1) is 12.2. The van der Waals surface area contributed by atoms with Crippen molar-refractivity contribution in [1.82, 2.24) is 0 Å². The summed E-state index contributed by atoms with van der Waals surface area (Å²) in [4.78, 5) is 0. The lowest BCUT2D eigenvalue weighted by Crippen LogP contribution is -2.19. The van der Waals surface area contributed by atoms with Gasteiger partial charge in [0.2, 0.25) is 0 Å². The fourth-order valence-electron chi connectivity index (χ4n) is 3.65. The molecule has 0 amide bonds. The first-order chi connectivity index (χ1) is 8.74. The van der Waals surface area contributed by atoms with E-state index < -0.39 is 0 Å². The van der Waals surface area contributed by atoms with Crippen molar-refractivity contribution in [2.45, 2.75) is 58.0 Å². The number of aliphatic hydroxyl groups is 1. The Bertz CT molecular complexity index is 416. The second-order valence-corrected chi connectivity index (χ2v) is 6.35. The Kier molecular flexibility index (Phi) is 3.43. The molecule has 1 N–H and O–H groups in total. The SMILES string of the molecule is CC1CCC(C(O)c2ccc3c(c2)CCC3)CC1. The Morgan fingerprint density at radius 1 is 1.06 bits per heavy atom. The summed E-state index contributed by atoms with van der Waals surface area (Å²) in [6, 6.07) is 6.67. The van der Waals surface area contributed by atoms with Gasteiger partial charge < -0.3 is 5.11 Å². The second kappa shape index (κ2) is 5.05. The van der Waals surface area contributed by atoms with E-state index in [0.29, 0.717) is 5.92 Å². The summed E-state index contributed by atoms with van der Waals surface area (Å²) in [6.45, 7) is 2.33. The maximum atomic E-state index is 10.6. The highest BCUT2D eigenvalue weighted by atomic mass is 16.3. The van der Waals surface area contributed by atoms with Crippen molar-refractivity contribution >= 4 is 0 Å². The number of aryl methyl sites for hydroxylation is 2. The van der Waals surface area contributed by atoms with Crippen molar-refractivity contribution in [1.29, 1.82) is 0 Å². The molecule has 0 aliphatic heterocycles. The molecule has 1 atom stereocenters. The van der Waals surface area contributed by atoms with Crippen LogP contribution >= 0.6 is 0 Å². The van der Waals surface area contributed by atoms with Gasteiger partial charge in [-0.3, -0.25) is 0 Å². The van der Waals surface area contributed by atoms with Crippen molar-refractivity contribution in [3.05, 3.63) is 34.9 Å². The van der Waals surface area contributed by atoms with Gasteiger partial charge in [-0.25, -0.2) is 0 Å². The van der Waals surface area contributed by atoms with Crippen LogP contribution in [0.5, 0.6) is 0 Å². The number of benzene rings is 1. The van der Waals surface area contributed by atoms with Crippen LogP contribution in [0.2, 0.25) is 0 Å². The summed E-state index contributed by atoms with van der Waals surface area (Å²) in [5.74, 6) is 1.34. The molecular formula is C17H24O. The van der Waals surface area contributed by atoms with Crippen LogP contribution in [0.3, 0.4) is 0 Å². The molecule has 3 rings (SSSR count). The maximum absolute atomic E-state index is 10.6. The monoisotopic (exact) mass is 244 g/mol. The molecule has 18 heavy (non-hydrogen) atoms. The van der Waals surface area contributed by atoms with Gasteiger partial charge in [0, 0.05) is 0 Å². The fraction of sp³-hybridized carbons (Fsp3) is 0.647. The molecule has 2 aliphatic rings. The van der Waals surface area contributed by atoms with Crippen LogP contribution < -0.4 is 0 Å². The minimum Gasteiger partial charge on any atom is -0.388 e. The zero-order chi connectivity index (χ0) is 12.5. The van der Waals surface area contributed by atoms with E-state index in [9.17, 15) is 5.11 Å². The third-order valence-corrected chi connectivity index (χ3v) is 4.97. The average molecular weight is 244 g/mol. The predicted octanol–water partition coefficient (Wildman–Crippen LogP) is 4.04. The van der Waals surface area contributed by atoms with Gasteiger partial charge >= 0.3 is 0 Å². The molecule has 1 aromatic carbocycles. The third kappa shape index (κ3) is 2.33. The molecule has 1 nitrogen and oxygen atoms in total. The zero-order valence-corrected chi connectivity index (χ0v) is 11.4. The lowest BCUT2D eigenvalue weighted by molar-refractivity contribution is 0.0755. The van der Waals surface area contributed by atoms with E-state index in [4.69, 9.17) is 0 Å². The Labute approximate surface area is 110 Å². The molecule has 2 aliphatic carbocycles. The maximum Gasteiger partial charge on any atom is 0.0818 e. The van der Waals surface area contributed by atoms with Crippen molar-refractivity contribution in [2.24, 2.45) is 11.8 Å². The Morgan fingerprint density at radius 2 is 1.78 bits per heavy atom. The highest BCUT2D eigenvalue weighted by molar-refractivity contribution is 5.36. The van der Waals surface area contributed by atoms with Crippen LogP contribution in [-0.2, 0) is 12.8 Å². The molecule has 1 heteroatoms. The van der Waals surface area contributed by atoms with Gasteiger partial charge in [0.1, 0.15) is 0 Å². The quantitative estimate of drug-likeness (QED) is 0.832. The molecule has 98 valence electrons. The number of aliphatic hydroxyl groups excluding tert-OH is 1. The number of fused-ring (bicyclic) bond motifs is 1. The van der Waals surface area contributed by atoms with Crippen LogP contribution in [0.4, 0.5) is 0 Å². The van der Waals surface area contributed by atoms with Gasteiger partial charge in [-0.05, 0) is 60.6 Å². The van der Waals surface area contributed by atoms with Gasteiger partial charge in [-0.1, -0.05) is 38.0 Å². The summed E-state index contributed by atoms with van der Waals surface area (Å²) in [5.41, 5.74) is 4.15. The van der Waals surface area contributed by atoms with E-state index >= 15 is 0 Å². The molecule has 0 bridgehead atoms. The van der Waals surface area contributed by atoms with E-state index in [-0.39, 0.29) is 6.10 Å². The highest BCUT2D eigenvalue weighted by Gasteiger charge is 2.26. The van der Waals surface area contributed by atoms with E-state index in [2.05, 4.69) is 25.1 Å². The normalized spacial score (nSPS) is 29.0. The summed E-state index contributed by atoms with van der Waals surface area (Å²) in [5, 5.41) is 10.6. The van der Waals surface area contributed by atoms with Crippen molar-refractivity contribution in [3.8, 4) is 0 Å². The molecule has 1 unspecified atom stereocenters. The molecule has 1 saturated carbocycles. The molecule has 0 aromatic heterocycles. The summed E-state index contributed by atoms with van der Waals surface area (Å²) in [7, 11) is 0. The zero-order valence-electron chi connectivity index (χ0n) is 11.4.